The Morgan fingerprint density at radius 2 is 0.449 bits per heavy atom. The van der Waals surface area contributed by atoms with Crippen LogP contribution in [0.15, 0.2) is 109 Å². The lowest BCUT2D eigenvalue weighted by Crippen LogP contribution is -3.61. The molecule has 4 nitrogen and oxygen atoms in total. The SMILES string of the molecule is Fc1c(F)c(F)c([B-](c2c(F)c(F)c(F)c(F)c2F)(c2c(F)c(F)c(F)c(F)c2F)c2c(F)c(F)c(F)c(F)c2F)c(F)c1F.c1ccc(OCCOc2ccccc2[I+]c2ccccc2OCCOc2ccccc2)cc1. The van der Waals surface area contributed by atoms with Gasteiger partial charge in [0.25, 0.3) is 0 Å². The molecule has 0 atom stereocenters. The molecule has 0 aliphatic heterocycles. The van der Waals surface area contributed by atoms with Crippen LogP contribution in [-0.2, 0) is 0 Å². The quantitative estimate of drug-likeness (QED) is 0.0243. The van der Waals surface area contributed by atoms with E-state index in [0.29, 0.717) is 26.4 Å². The highest BCUT2D eigenvalue weighted by molar-refractivity contribution is 7.20. The lowest BCUT2D eigenvalue weighted by Gasteiger charge is -2.44. The molecule has 408 valence electrons. The van der Waals surface area contributed by atoms with Crippen molar-refractivity contribution in [3.05, 3.63) is 233 Å². The molecular weight excluding hydrogens is 1210 g/mol. The number of rotatable bonds is 16. The minimum atomic E-state index is -7.22. The Hall–Kier alpha value is -7.65. The molecule has 0 amide bonds. The molecule has 0 heterocycles. The number of ether oxygens (including phenoxy) is 4. The molecule has 0 radical (unpaired) electrons. The fourth-order valence-electron chi connectivity index (χ4n) is 7.92. The van der Waals surface area contributed by atoms with Crippen LogP contribution in [0, 0.1) is 123 Å². The van der Waals surface area contributed by atoms with Crippen molar-refractivity contribution in [2.45, 2.75) is 0 Å². The van der Waals surface area contributed by atoms with Gasteiger partial charge in [-0.15, -0.1) is 21.9 Å². The highest BCUT2D eigenvalue weighted by atomic mass is 127. The van der Waals surface area contributed by atoms with Crippen LogP contribution in [0.3, 0.4) is 0 Å². The van der Waals surface area contributed by atoms with Crippen LogP contribution in [0.2, 0.25) is 0 Å². The third kappa shape index (κ3) is 10.9. The molecule has 0 bridgehead atoms. The second kappa shape index (κ2) is 24.4. The third-order valence-corrected chi connectivity index (χ3v) is 14.2. The first-order chi connectivity index (χ1) is 37.1. The summed E-state index contributed by atoms with van der Waals surface area (Å²) in [5, 5.41) is 0. The van der Waals surface area contributed by atoms with E-state index in [1.165, 1.54) is 7.14 Å². The molecule has 0 aliphatic rings. The van der Waals surface area contributed by atoms with Crippen molar-refractivity contribution >= 4 is 28.0 Å². The number of hydrogen-bond donors (Lipinski definition) is 0. The van der Waals surface area contributed by atoms with E-state index in [9.17, 15) is 52.7 Å². The molecule has 0 N–H and O–H groups in total. The second-order valence-corrected chi connectivity index (χ2v) is 18.6. The maximum atomic E-state index is 15.4. The minimum absolute atomic E-state index is 0.480. The average Bonchev–Trinajstić information content (AvgIpc) is 3.54. The summed E-state index contributed by atoms with van der Waals surface area (Å²) in [4.78, 5) is 0. The van der Waals surface area contributed by atoms with Gasteiger partial charge < -0.3 is 18.9 Å². The van der Waals surface area contributed by atoms with Gasteiger partial charge in [0.1, 0.15) is 90.6 Å². The summed E-state index contributed by atoms with van der Waals surface area (Å²) in [7, 11) is 0. The van der Waals surface area contributed by atoms with Gasteiger partial charge in [0.15, 0.2) is 81.3 Å². The van der Waals surface area contributed by atoms with Gasteiger partial charge in [0.05, 0.1) is 0 Å². The molecule has 0 saturated heterocycles. The third-order valence-electron chi connectivity index (χ3n) is 11.3. The van der Waals surface area contributed by atoms with Gasteiger partial charge in [0, 0.05) is 0 Å². The Labute approximate surface area is 436 Å². The predicted octanol–water partition coefficient (Wildman–Crippen LogP) is 8.58. The Kier molecular flexibility index (Phi) is 18.1. The zero-order valence-electron chi connectivity index (χ0n) is 38.4. The molecule has 0 fully saturated rings. The maximum absolute atomic E-state index is 15.4. The van der Waals surface area contributed by atoms with Gasteiger partial charge in [-0.3, -0.25) is 0 Å². The molecule has 8 aromatic rings. The van der Waals surface area contributed by atoms with Crippen LogP contribution in [0.25, 0.3) is 0 Å². The van der Waals surface area contributed by atoms with E-state index >= 15 is 35.1 Å². The summed E-state index contributed by atoms with van der Waals surface area (Å²) >= 11 is -0.480. The molecule has 0 aromatic heterocycles. The van der Waals surface area contributed by atoms with E-state index in [4.69, 9.17) is 18.9 Å². The van der Waals surface area contributed by atoms with Crippen molar-refractivity contribution in [3.8, 4) is 23.0 Å². The topological polar surface area (TPSA) is 36.9 Å². The average molecular weight is 1230 g/mol. The van der Waals surface area contributed by atoms with E-state index in [-0.39, 0.29) is 0 Å². The molecule has 8 rings (SSSR count). The fourth-order valence-corrected chi connectivity index (χ4v) is 10.5. The number of halogens is 21. The molecule has 26 heteroatoms. The van der Waals surface area contributed by atoms with Gasteiger partial charge in [-0.1, -0.05) is 60.7 Å². The van der Waals surface area contributed by atoms with E-state index < -0.39 is 166 Å². The van der Waals surface area contributed by atoms with Crippen LogP contribution in [0.4, 0.5) is 87.8 Å². The first kappa shape index (κ1) is 58.0. The first-order valence-corrected chi connectivity index (χ1v) is 23.9. The first-order valence-electron chi connectivity index (χ1n) is 21.8. The van der Waals surface area contributed by atoms with E-state index in [2.05, 4.69) is 24.3 Å². The predicted molar refractivity (Wildman–Crippen MR) is 234 cm³/mol. The van der Waals surface area contributed by atoms with Crippen LogP contribution in [0.5, 0.6) is 23.0 Å². The van der Waals surface area contributed by atoms with Crippen LogP contribution >= 0.6 is 0 Å². The normalized spacial score (nSPS) is 11.3. The van der Waals surface area contributed by atoms with Crippen molar-refractivity contribution in [1.82, 2.24) is 0 Å². The van der Waals surface area contributed by atoms with Crippen molar-refractivity contribution in [1.29, 1.82) is 0 Å². The second-order valence-electron chi connectivity index (χ2n) is 15.8. The van der Waals surface area contributed by atoms with Gasteiger partial charge in [-0.05, 0) is 48.5 Å². The van der Waals surface area contributed by atoms with Crippen molar-refractivity contribution < 1.29 is 128 Å². The van der Waals surface area contributed by atoms with E-state index in [1.807, 2.05) is 84.9 Å². The summed E-state index contributed by atoms with van der Waals surface area (Å²) < 4.78 is 320. The summed E-state index contributed by atoms with van der Waals surface area (Å²) in [5.74, 6) is -67.9. The summed E-state index contributed by atoms with van der Waals surface area (Å²) in [6.07, 6.45) is -7.22. The molecule has 8 aromatic carbocycles. The van der Waals surface area contributed by atoms with Gasteiger partial charge in [0.2, 0.25) is 7.14 Å². The maximum Gasteiger partial charge on any atom is 0.366 e. The van der Waals surface area contributed by atoms with Gasteiger partial charge in [-0.25, -0.2) is 87.8 Å². The lowest BCUT2D eigenvalue weighted by atomic mass is 9.12. The Morgan fingerprint density at radius 1 is 0.244 bits per heavy atom. The minimum Gasteiger partial charge on any atom is -0.490 e. The highest BCUT2D eigenvalue weighted by Gasteiger charge is 2.52. The zero-order valence-corrected chi connectivity index (χ0v) is 40.5. The Balaban J connectivity index is 0.000000237. The van der Waals surface area contributed by atoms with Gasteiger partial charge >= 0.3 is 21.2 Å². The molecule has 0 saturated carbocycles. The highest BCUT2D eigenvalue weighted by Crippen LogP contribution is 2.31. The van der Waals surface area contributed by atoms with Crippen molar-refractivity contribution in [3.63, 3.8) is 0 Å². The molecule has 78 heavy (non-hydrogen) atoms. The molecule has 0 aliphatic carbocycles. The Morgan fingerprint density at radius 3 is 0.705 bits per heavy atom. The van der Waals surface area contributed by atoms with Crippen molar-refractivity contribution in [2.24, 2.45) is 0 Å². The van der Waals surface area contributed by atoms with Crippen LogP contribution in [-0.4, -0.2) is 32.6 Å². The largest absolute Gasteiger partial charge is 0.490 e. The Bertz CT molecular complexity index is 3050. The van der Waals surface area contributed by atoms with Crippen LogP contribution < -0.4 is 62.0 Å². The van der Waals surface area contributed by atoms with Crippen LogP contribution in [0.1, 0.15) is 0 Å². The standard InChI is InChI=1S/C28H26IO4.C24BF20/c1-3-11-23(12-4-1)30-19-21-32-27-17-9-7-15-25(27)29-26-16-8-10-18-28(26)33-22-20-31-24-13-5-2-6-14-24;26-5-1(6(27)14(35)21(42)13(5)34)25(2-7(28)15(36)22(43)16(37)8(2)29,3-9(30)17(38)23(44)18(39)10(3)31)4-11(32)19(40)24(45)20(41)12(4)33/h1-18H,19-22H2;/q+1;-1. The number of para-hydroxylation sites is 4. The number of hydrogen-bond acceptors (Lipinski definition) is 4. The molecular formula is C52H26BF20IO4. The lowest BCUT2D eigenvalue weighted by molar-refractivity contribution is -0.599. The smallest absolute Gasteiger partial charge is 0.366 e. The zero-order chi connectivity index (χ0) is 56.9. The van der Waals surface area contributed by atoms with E-state index in [1.54, 1.807) is 0 Å². The molecule has 0 spiro atoms. The molecule has 0 unspecified atom stereocenters. The number of benzene rings is 8. The van der Waals surface area contributed by atoms with Crippen molar-refractivity contribution in [2.75, 3.05) is 26.4 Å². The summed E-state index contributed by atoms with van der Waals surface area (Å²) in [6, 6.07) is 36.0. The van der Waals surface area contributed by atoms with Gasteiger partial charge in [-0.2, -0.15) is 0 Å². The van der Waals surface area contributed by atoms with E-state index in [0.717, 1.165) is 23.0 Å². The fraction of sp³-hybridized carbons (Fsp3) is 0.0769. The summed E-state index contributed by atoms with van der Waals surface area (Å²) in [5.41, 5.74) is -14.3. The monoisotopic (exact) mass is 1230 g/mol. The summed E-state index contributed by atoms with van der Waals surface area (Å²) in [6.45, 7) is 1.98.